The van der Waals surface area contributed by atoms with Gasteiger partial charge in [-0.1, -0.05) is 0 Å². The van der Waals surface area contributed by atoms with Crippen molar-refractivity contribution in [3.8, 4) is 0 Å². The molecule has 0 bridgehead atoms. The Morgan fingerprint density at radius 3 is 1.44 bits per heavy atom. The van der Waals surface area contributed by atoms with Gasteiger partial charge in [0.05, 0.1) is 5.56 Å². The lowest BCUT2D eigenvalue weighted by atomic mass is 9.91. The third kappa shape index (κ3) is 2.12. The molecule has 0 spiro atoms. The summed E-state index contributed by atoms with van der Waals surface area (Å²) in [5.74, 6) is -1.64. The van der Waals surface area contributed by atoms with Crippen LogP contribution in [-0.4, -0.2) is 11.1 Å². The number of benzene rings is 1. The van der Waals surface area contributed by atoms with Gasteiger partial charge in [0.15, 0.2) is 0 Å². The molecule has 0 aliphatic rings. The molecule has 0 aliphatic heterocycles. The van der Waals surface area contributed by atoms with Crippen LogP contribution in [0.2, 0.25) is 0 Å². The minimum atomic E-state index is -1.64. The predicted octanol–water partition coefficient (Wildman–Crippen LogP) is 2.85. The highest BCUT2D eigenvalue weighted by molar-refractivity contribution is 5.93. The van der Waals surface area contributed by atoms with Crippen LogP contribution in [0.4, 0.5) is 23.2 Å². The van der Waals surface area contributed by atoms with Crippen LogP contribution in [0.1, 0.15) is 32.6 Å². The Kier molecular flexibility index (Phi) is 4.52. The van der Waals surface area contributed by atoms with Crippen molar-refractivity contribution < 1.29 is 27.5 Å². The Balaban J connectivity index is 3.80. The number of rotatable bonds is 5. The van der Waals surface area contributed by atoms with Crippen LogP contribution >= 0.6 is 0 Å². The maximum Gasteiger partial charge on any atom is 0.336 e. The van der Waals surface area contributed by atoms with E-state index in [-0.39, 0.29) is 0 Å². The molecule has 100 valence electrons. The van der Waals surface area contributed by atoms with Gasteiger partial charge < -0.3 is 10.8 Å². The molecule has 0 aliphatic carbocycles. The van der Waals surface area contributed by atoms with Gasteiger partial charge >= 0.3 is 5.97 Å². The third-order valence-electron chi connectivity index (χ3n) is 2.73. The second kappa shape index (κ2) is 5.70. The fourth-order valence-corrected chi connectivity index (χ4v) is 1.85. The van der Waals surface area contributed by atoms with Gasteiger partial charge in [-0.05, 0) is 0 Å². The summed E-state index contributed by atoms with van der Waals surface area (Å²) in [6, 6.07) is 0. The van der Waals surface area contributed by atoms with E-state index < -0.39 is 66.2 Å². The summed E-state index contributed by atoms with van der Waals surface area (Å²) < 4.78 is 51.2. The van der Waals surface area contributed by atoms with Gasteiger partial charge in [-0.25, -0.2) is 22.4 Å². The second-order valence-electron chi connectivity index (χ2n) is 3.54. The average molecular weight is 265 g/mol. The van der Waals surface area contributed by atoms with E-state index in [4.69, 9.17) is 10.8 Å². The molecule has 1 aromatic rings. The van der Waals surface area contributed by atoms with Crippen molar-refractivity contribution >= 4 is 11.7 Å². The Bertz CT molecular complexity index is 444. The van der Waals surface area contributed by atoms with Crippen LogP contribution in [0.5, 0.6) is 0 Å². The third-order valence-corrected chi connectivity index (χ3v) is 2.73. The minimum absolute atomic E-state index is 0.426. The van der Waals surface area contributed by atoms with E-state index in [1.165, 1.54) is 0 Å². The number of carboxylic acids is 1. The molecule has 18 heavy (non-hydrogen) atoms. The number of carboxylic acid groups (broad SMARTS) is 1. The molecule has 0 saturated carbocycles. The number of aromatic carboxylic acids is 1. The van der Waals surface area contributed by atoms with Crippen molar-refractivity contribution in [2.45, 2.75) is 26.7 Å². The Hall–Kier alpha value is -1.79. The number of nitrogen functional groups attached to an aromatic ring is 1. The monoisotopic (exact) mass is 265 g/mol. The van der Waals surface area contributed by atoms with Gasteiger partial charge in [-0.3, -0.25) is 0 Å². The summed E-state index contributed by atoms with van der Waals surface area (Å²) in [6.45, 7) is -5.12. The lowest BCUT2D eigenvalue weighted by Crippen LogP contribution is -2.14. The number of halogens is 4. The summed E-state index contributed by atoms with van der Waals surface area (Å²) in [4.78, 5) is 11.0. The largest absolute Gasteiger partial charge is 0.478 e. The lowest BCUT2D eigenvalue weighted by Gasteiger charge is -2.18. The van der Waals surface area contributed by atoms with Crippen molar-refractivity contribution in [1.82, 2.24) is 0 Å². The van der Waals surface area contributed by atoms with Crippen LogP contribution in [0.3, 0.4) is 0 Å². The smallest absolute Gasteiger partial charge is 0.336 e. The SMILES string of the molecule is Nc1c(CF)c(CF)c(C(=O)O)c(CF)c1CF. The molecular weight excluding hydrogens is 254 g/mol. The zero-order chi connectivity index (χ0) is 13.9. The summed E-state index contributed by atoms with van der Waals surface area (Å²) in [5.41, 5.74) is 2.32. The lowest BCUT2D eigenvalue weighted by molar-refractivity contribution is 0.0692. The predicted molar refractivity (Wildman–Crippen MR) is 57.1 cm³/mol. The zero-order valence-electron chi connectivity index (χ0n) is 9.27. The summed E-state index contributed by atoms with van der Waals surface area (Å²) in [5, 5.41) is 8.92. The fourth-order valence-electron chi connectivity index (χ4n) is 1.85. The molecule has 0 amide bonds. The van der Waals surface area contributed by atoms with Gasteiger partial charge in [0.1, 0.15) is 26.7 Å². The zero-order valence-corrected chi connectivity index (χ0v) is 9.27. The van der Waals surface area contributed by atoms with Crippen LogP contribution in [-0.2, 0) is 26.7 Å². The molecule has 3 N–H and O–H groups in total. The summed E-state index contributed by atoms with van der Waals surface area (Å²) in [7, 11) is 0. The van der Waals surface area contributed by atoms with E-state index in [1.54, 1.807) is 0 Å². The van der Waals surface area contributed by atoms with Gasteiger partial charge in [0.2, 0.25) is 0 Å². The van der Waals surface area contributed by atoms with Crippen LogP contribution in [0, 0.1) is 0 Å². The molecule has 0 atom stereocenters. The first-order valence-corrected chi connectivity index (χ1v) is 4.95. The van der Waals surface area contributed by atoms with Gasteiger partial charge in [-0.15, -0.1) is 0 Å². The van der Waals surface area contributed by atoms with Crippen molar-refractivity contribution in [2.75, 3.05) is 5.73 Å². The second-order valence-corrected chi connectivity index (χ2v) is 3.54. The van der Waals surface area contributed by atoms with Gasteiger partial charge in [0.25, 0.3) is 0 Å². The van der Waals surface area contributed by atoms with Crippen LogP contribution in [0.15, 0.2) is 0 Å². The Morgan fingerprint density at radius 1 is 0.889 bits per heavy atom. The molecule has 0 unspecified atom stereocenters. The highest BCUT2D eigenvalue weighted by Gasteiger charge is 2.25. The molecule has 0 fully saturated rings. The molecule has 3 nitrogen and oxygen atoms in total. The molecular formula is C11H11F4NO2. The standard InChI is InChI=1S/C11H11F4NO2/c12-1-5-7(3-14)10(16)8(4-15)6(2-13)9(5)11(17)18/h1-4,16H2,(H,17,18). The topological polar surface area (TPSA) is 63.3 Å². The fraction of sp³-hybridized carbons (Fsp3) is 0.364. The number of hydrogen-bond acceptors (Lipinski definition) is 2. The number of anilines is 1. The highest BCUT2D eigenvalue weighted by Crippen LogP contribution is 2.33. The molecule has 0 aromatic heterocycles. The number of hydrogen-bond donors (Lipinski definition) is 2. The van der Waals surface area contributed by atoms with E-state index in [0.717, 1.165) is 0 Å². The van der Waals surface area contributed by atoms with E-state index in [1.807, 2.05) is 0 Å². The van der Waals surface area contributed by atoms with Crippen molar-refractivity contribution in [2.24, 2.45) is 0 Å². The van der Waals surface area contributed by atoms with Gasteiger partial charge in [-0.2, -0.15) is 0 Å². The highest BCUT2D eigenvalue weighted by atomic mass is 19.1. The van der Waals surface area contributed by atoms with Crippen LogP contribution in [0.25, 0.3) is 0 Å². The minimum Gasteiger partial charge on any atom is -0.478 e. The maximum atomic E-state index is 12.8. The Labute approximate surface area is 100 Å². The molecule has 1 aromatic carbocycles. The first-order chi connectivity index (χ1) is 8.53. The first kappa shape index (κ1) is 14.3. The molecule has 0 heterocycles. The number of carbonyl (C=O) groups is 1. The average Bonchev–Trinajstić information content (AvgIpc) is 2.36. The Morgan fingerprint density at radius 2 is 1.22 bits per heavy atom. The van der Waals surface area contributed by atoms with Crippen LogP contribution < -0.4 is 5.73 Å². The normalized spacial score (nSPS) is 10.7. The van der Waals surface area contributed by atoms with Crippen molar-refractivity contribution in [3.05, 3.63) is 27.8 Å². The summed E-state index contributed by atoms with van der Waals surface area (Å²) >= 11 is 0. The quantitative estimate of drug-likeness (QED) is 0.635. The van der Waals surface area contributed by atoms with E-state index in [0.29, 0.717) is 0 Å². The van der Waals surface area contributed by atoms with E-state index in [9.17, 15) is 22.4 Å². The molecule has 7 heteroatoms. The van der Waals surface area contributed by atoms with E-state index >= 15 is 0 Å². The first-order valence-electron chi connectivity index (χ1n) is 4.95. The summed E-state index contributed by atoms with van der Waals surface area (Å²) in [6.07, 6.45) is 0. The number of nitrogens with two attached hydrogens (primary N) is 1. The maximum absolute atomic E-state index is 12.8. The number of alkyl halides is 4. The van der Waals surface area contributed by atoms with Crippen molar-refractivity contribution in [1.29, 1.82) is 0 Å². The van der Waals surface area contributed by atoms with E-state index in [2.05, 4.69) is 0 Å². The molecule has 0 radical (unpaired) electrons. The van der Waals surface area contributed by atoms with Crippen molar-refractivity contribution in [3.63, 3.8) is 0 Å². The molecule has 1 rings (SSSR count). The molecule has 0 saturated heterocycles. The van der Waals surface area contributed by atoms with Gasteiger partial charge in [0, 0.05) is 27.9 Å².